The molecule has 0 spiro atoms. The Morgan fingerprint density at radius 3 is 2.65 bits per heavy atom. The number of amides is 1. The Hall–Kier alpha value is -3.06. The van der Waals surface area contributed by atoms with E-state index in [1.807, 2.05) is 11.0 Å². The molecule has 0 atom stereocenters. The van der Waals surface area contributed by atoms with E-state index in [1.165, 1.54) is 0 Å². The molecule has 0 fully saturated rings. The zero-order chi connectivity index (χ0) is 18.5. The number of hydrogen-bond acceptors (Lipinski definition) is 5. The lowest BCUT2D eigenvalue weighted by Gasteiger charge is -2.20. The maximum atomic E-state index is 12.2. The molecule has 3 rings (SSSR count). The van der Waals surface area contributed by atoms with Gasteiger partial charge in [0.25, 0.3) is 0 Å². The third kappa shape index (κ3) is 4.52. The van der Waals surface area contributed by atoms with Crippen molar-refractivity contribution in [2.24, 2.45) is 0 Å². The van der Waals surface area contributed by atoms with E-state index in [0.717, 1.165) is 5.56 Å². The monoisotopic (exact) mass is 356 g/mol. The van der Waals surface area contributed by atoms with E-state index >= 15 is 0 Å². The van der Waals surface area contributed by atoms with Crippen molar-refractivity contribution in [2.45, 2.75) is 6.54 Å². The van der Waals surface area contributed by atoms with Gasteiger partial charge in [0, 0.05) is 18.3 Å². The fraction of sp³-hybridized carbons (Fsp3) is 0.263. The summed E-state index contributed by atoms with van der Waals surface area (Å²) in [6.07, 6.45) is 0. The number of anilines is 1. The number of ether oxygens (including phenoxy) is 2. The number of nitrogens with zero attached hydrogens (tertiary/aromatic N) is 1. The van der Waals surface area contributed by atoms with E-state index in [1.54, 1.807) is 43.4 Å². The van der Waals surface area contributed by atoms with Gasteiger partial charge in [-0.2, -0.15) is 0 Å². The summed E-state index contributed by atoms with van der Waals surface area (Å²) in [6, 6.07) is 12.0. The summed E-state index contributed by atoms with van der Waals surface area (Å²) in [4.78, 5) is 25.1. The van der Waals surface area contributed by atoms with Gasteiger partial charge in [-0.15, -0.1) is 0 Å². The zero-order valence-electron chi connectivity index (χ0n) is 14.4. The number of hydrogen-bond donors (Lipinski definition) is 2. The molecule has 2 aromatic carbocycles. The molecule has 1 amide bonds. The molecule has 0 aromatic heterocycles. The van der Waals surface area contributed by atoms with Crippen LogP contribution in [0.25, 0.3) is 0 Å². The van der Waals surface area contributed by atoms with E-state index < -0.39 is 5.97 Å². The molecule has 136 valence electrons. The first-order chi connectivity index (χ1) is 12.5. The lowest BCUT2D eigenvalue weighted by molar-refractivity contribution is -0.117. The molecule has 1 heterocycles. The average molecular weight is 356 g/mol. The minimum atomic E-state index is -0.967. The van der Waals surface area contributed by atoms with Crippen molar-refractivity contribution in [1.29, 1.82) is 0 Å². The van der Waals surface area contributed by atoms with Crippen LogP contribution in [0.15, 0.2) is 42.5 Å². The largest absolute Gasteiger partial charge is 0.486 e. The first kappa shape index (κ1) is 17.8. The van der Waals surface area contributed by atoms with Gasteiger partial charge in [0.05, 0.1) is 12.1 Å². The minimum absolute atomic E-state index is 0.168. The maximum absolute atomic E-state index is 12.2. The van der Waals surface area contributed by atoms with E-state index in [-0.39, 0.29) is 18.0 Å². The minimum Gasteiger partial charge on any atom is -0.486 e. The lowest BCUT2D eigenvalue weighted by Crippen LogP contribution is -2.30. The molecule has 7 heteroatoms. The first-order valence-electron chi connectivity index (χ1n) is 8.21. The molecule has 26 heavy (non-hydrogen) atoms. The molecular weight excluding hydrogens is 336 g/mol. The van der Waals surface area contributed by atoms with Crippen molar-refractivity contribution in [2.75, 3.05) is 32.1 Å². The van der Waals surface area contributed by atoms with E-state index in [9.17, 15) is 9.59 Å². The summed E-state index contributed by atoms with van der Waals surface area (Å²) in [5.74, 6) is 0.155. The molecule has 0 unspecified atom stereocenters. The molecule has 1 aliphatic rings. The van der Waals surface area contributed by atoms with Gasteiger partial charge in [0.2, 0.25) is 5.91 Å². The van der Waals surface area contributed by atoms with Crippen LogP contribution < -0.4 is 14.8 Å². The molecule has 0 radical (unpaired) electrons. The van der Waals surface area contributed by atoms with Crippen LogP contribution in [0.5, 0.6) is 11.5 Å². The van der Waals surface area contributed by atoms with Crippen LogP contribution >= 0.6 is 0 Å². The molecule has 2 N–H and O–H groups in total. The van der Waals surface area contributed by atoms with Crippen LogP contribution in [-0.4, -0.2) is 48.7 Å². The summed E-state index contributed by atoms with van der Waals surface area (Å²) in [7, 11) is 1.80. The molecule has 7 nitrogen and oxygen atoms in total. The Bertz CT molecular complexity index is 821. The van der Waals surface area contributed by atoms with Crippen molar-refractivity contribution < 1.29 is 24.2 Å². The SMILES string of the molecule is CN(CC(=O)Nc1ccc2c(c1)OCCO2)Cc1cccc(C(=O)O)c1. The number of carboxylic acids is 1. The van der Waals surface area contributed by atoms with Crippen molar-refractivity contribution in [1.82, 2.24) is 4.90 Å². The van der Waals surface area contributed by atoms with Gasteiger partial charge in [0.1, 0.15) is 13.2 Å². The standard InChI is InChI=1S/C19H20N2O5/c1-21(11-13-3-2-4-14(9-13)19(23)24)12-18(22)20-15-5-6-16-17(10-15)26-8-7-25-16/h2-6,9-10H,7-8,11-12H2,1H3,(H,20,22)(H,23,24). The van der Waals surface area contributed by atoms with Crippen LogP contribution in [0.1, 0.15) is 15.9 Å². The van der Waals surface area contributed by atoms with Crippen LogP contribution in [-0.2, 0) is 11.3 Å². The number of fused-ring (bicyclic) bond motifs is 1. The topological polar surface area (TPSA) is 88.1 Å². The van der Waals surface area contributed by atoms with Crippen molar-refractivity contribution >= 4 is 17.6 Å². The van der Waals surface area contributed by atoms with Gasteiger partial charge in [-0.25, -0.2) is 4.79 Å². The first-order valence-corrected chi connectivity index (χ1v) is 8.21. The maximum Gasteiger partial charge on any atom is 0.335 e. The number of carbonyl (C=O) groups excluding carboxylic acids is 1. The normalized spacial score (nSPS) is 12.7. The van der Waals surface area contributed by atoms with Crippen molar-refractivity contribution in [3.05, 3.63) is 53.6 Å². The summed E-state index contributed by atoms with van der Waals surface area (Å²) in [5, 5.41) is 11.9. The van der Waals surface area contributed by atoms with Gasteiger partial charge < -0.3 is 19.9 Å². The van der Waals surface area contributed by atoms with Crippen LogP contribution in [0.3, 0.4) is 0 Å². The number of carbonyl (C=O) groups is 2. The number of aromatic carboxylic acids is 1. The van der Waals surface area contributed by atoms with Gasteiger partial charge in [-0.3, -0.25) is 9.69 Å². The number of carboxylic acid groups (broad SMARTS) is 1. The Morgan fingerprint density at radius 1 is 1.12 bits per heavy atom. The average Bonchev–Trinajstić information content (AvgIpc) is 2.61. The summed E-state index contributed by atoms with van der Waals surface area (Å²) >= 11 is 0. The predicted octanol–water partition coefficient (Wildman–Crippen LogP) is 2.23. The Balaban J connectivity index is 1.56. The summed E-state index contributed by atoms with van der Waals surface area (Å²) < 4.78 is 11.0. The zero-order valence-corrected chi connectivity index (χ0v) is 14.4. The fourth-order valence-electron chi connectivity index (χ4n) is 2.74. The third-order valence-corrected chi connectivity index (χ3v) is 3.87. The number of benzene rings is 2. The highest BCUT2D eigenvalue weighted by Crippen LogP contribution is 2.32. The highest BCUT2D eigenvalue weighted by molar-refractivity contribution is 5.92. The second-order valence-electron chi connectivity index (χ2n) is 6.08. The van der Waals surface area contributed by atoms with Crippen LogP contribution in [0.4, 0.5) is 5.69 Å². The van der Waals surface area contributed by atoms with Gasteiger partial charge in [-0.1, -0.05) is 12.1 Å². The van der Waals surface area contributed by atoms with E-state index in [4.69, 9.17) is 14.6 Å². The molecule has 0 aliphatic carbocycles. The summed E-state index contributed by atoms with van der Waals surface area (Å²) in [5.41, 5.74) is 1.71. The van der Waals surface area contributed by atoms with E-state index in [2.05, 4.69) is 5.32 Å². The Morgan fingerprint density at radius 2 is 1.88 bits per heavy atom. The van der Waals surface area contributed by atoms with Crippen molar-refractivity contribution in [3.8, 4) is 11.5 Å². The second-order valence-corrected chi connectivity index (χ2v) is 6.08. The van der Waals surface area contributed by atoms with Crippen molar-refractivity contribution in [3.63, 3.8) is 0 Å². The highest BCUT2D eigenvalue weighted by atomic mass is 16.6. The van der Waals surface area contributed by atoms with E-state index in [0.29, 0.717) is 36.9 Å². The third-order valence-electron chi connectivity index (χ3n) is 3.87. The number of nitrogens with one attached hydrogen (secondary N) is 1. The smallest absolute Gasteiger partial charge is 0.335 e. The molecule has 1 aliphatic heterocycles. The number of likely N-dealkylation sites (N-methyl/N-ethyl adjacent to an activating group) is 1. The molecule has 2 aromatic rings. The lowest BCUT2D eigenvalue weighted by atomic mass is 10.1. The summed E-state index contributed by atoms with van der Waals surface area (Å²) in [6.45, 7) is 1.65. The molecular formula is C19H20N2O5. The number of rotatable bonds is 6. The Kier molecular flexibility index (Phi) is 5.38. The molecule has 0 saturated heterocycles. The van der Waals surface area contributed by atoms with Crippen LogP contribution in [0, 0.1) is 0 Å². The second kappa shape index (κ2) is 7.88. The predicted molar refractivity (Wildman–Crippen MR) is 95.8 cm³/mol. The van der Waals surface area contributed by atoms with Crippen LogP contribution in [0.2, 0.25) is 0 Å². The van der Waals surface area contributed by atoms with Gasteiger partial charge in [-0.05, 0) is 36.9 Å². The Labute approximate surface area is 151 Å². The fourth-order valence-corrected chi connectivity index (χ4v) is 2.74. The van der Waals surface area contributed by atoms with Gasteiger partial charge in [0.15, 0.2) is 11.5 Å². The van der Waals surface area contributed by atoms with Gasteiger partial charge >= 0.3 is 5.97 Å². The quantitative estimate of drug-likeness (QED) is 0.825. The highest BCUT2D eigenvalue weighted by Gasteiger charge is 2.14. The molecule has 0 bridgehead atoms. The molecule has 0 saturated carbocycles.